The number of rotatable bonds is 5. The Balaban J connectivity index is 1.56. The van der Waals surface area contributed by atoms with Gasteiger partial charge in [0.15, 0.2) is 0 Å². The Morgan fingerprint density at radius 2 is 2.09 bits per heavy atom. The van der Waals surface area contributed by atoms with Crippen molar-refractivity contribution < 1.29 is 9.84 Å². The number of fused-ring (bicyclic) bond motifs is 1. The van der Waals surface area contributed by atoms with Crippen molar-refractivity contribution in [1.82, 2.24) is 14.9 Å². The molecule has 1 aliphatic rings. The van der Waals surface area contributed by atoms with Crippen molar-refractivity contribution in [3.63, 3.8) is 0 Å². The lowest BCUT2D eigenvalue weighted by atomic mass is 9.98. The number of likely N-dealkylation sites (tertiary alicyclic amines) is 1. The summed E-state index contributed by atoms with van der Waals surface area (Å²) in [7, 11) is 0. The first-order valence-electron chi connectivity index (χ1n) is 7.72. The number of nitrogen functional groups attached to an aromatic ring is 1. The van der Waals surface area contributed by atoms with Crippen LogP contribution in [0, 0.1) is 5.92 Å². The van der Waals surface area contributed by atoms with Gasteiger partial charge in [0.05, 0.1) is 18.7 Å². The third-order valence-corrected chi connectivity index (χ3v) is 4.25. The van der Waals surface area contributed by atoms with Crippen LogP contribution in [-0.2, 0) is 0 Å². The molecule has 22 heavy (non-hydrogen) atoms. The number of nitrogens with zero attached hydrogens (tertiary/aromatic N) is 3. The number of piperidine rings is 1. The maximum Gasteiger partial charge on any atom is 0.134 e. The average Bonchev–Trinajstić information content (AvgIpc) is 2.55. The number of anilines is 1. The van der Waals surface area contributed by atoms with Crippen LogP contribution in [0.1, 0.15) is 12.8 Å². The summed E-state index contributed by atoms with van der Waals surface area (Å²) in [4.78, 5) is 10.5. The van der Waals surface area contributed by atoms with E-state index in [2.05, 4.69) is 14.9 Å². The van der Waals surface area contributed by atoms with Gasteiger partial charge in [-0.25, -0.2) is 9.97 Å². The van der Waals surface area contributed by atoms with Crippen LogP contribution in [0.5, 0.6) is 5.75 Å². The molecule has 3 N–H and O–H groups in total. The lowest BCUT2D eigenvalue weighted by Crippen LogP contribution is -2.37. The molecule has 2 aromatic rings. The van der Waals surface area contributed by atoms with Crippen molar-refractivity contribution in [3.05, 3.63) is 24.5 Å². The van der Waals surface area contributed by atoms with Gasteiger partial charge in [-0.05, 0) is 44.0 Å². The number of β-amino-alcohol motifs (C(OH)–C–C–N with tert-alkyl or cyclic N) is 1. The van der Waals surface area contributed by atoms with E-state index in [0.717, 1.165) is 55.7 Å². The Morgan fingerprint density at radius 1 is 1.27 bits per heavy atom. The van der Waals surface area contributed by atoms with Gasteiger partial charge in [0, 0.05) is 18.0 Å². The third kappa shape index (κ3) is 3.45. The molecule has 0 unspecified atom stereocenters. The quantitative estimate of drug-likeness (QED) is 0.866. The molecule has 3 rings (SSSR count). The summed E-state index contributed by atoms with van der Waals surface area (Å²) in [6.07, 6.45) is 3.70. The Hall–Kier alpha value is -1.92. The van der Waals surface area contributed by atoms with E-state index in [9.17, 15) is 0 Å². The van der Waals surface area contributed by atoms with Crippen LogP contribution in [0.25, 0.3) is 10.9 Å². The van der Waals surface area contributed by atoms with Crippen molar-refractivity contribution in [2.24, 2.45) is 5.92 Å². The van der Waals surface area contributed by atoms with Crippen molar-refractivity contribution >= 4 is 16.7 Å². The zero-order chi connectivity index (χ0) is 15.4. The Kier molecular flexibility index (Phi) is 4.70. The largest absolute Gasteiger partial charge is 0.493 e. The molecule has 0 amide bonds. The number of hydrogen-bond donors (Lipinski definition) is 2. The highest BCUT2D eigenvalue weighted by molar-refractivity contribution is 5.88. The van der Waals surface area contributed by atoms with Crippen molar-refractivity contribution in [2.75, 3.05) is 38.6 Å². The molecule has 0 spiro atoms. The number of nitrogens with two attached hydrogens (primary N) is 1. The second-order valence-electron chi connectivity index (χ2n) is 5.76. The van der Waals surface area contributed by atoms with Gasteiger partial charge in [0.25, 0.3) is 0 Å². The molecular formula is C16H22N4O2. The van der Waals surface area contributed by atoms with E-state index in [1.807, 2.05) is 18.2 Å². The molecule has 1 saturated heterocycles. The SMILES string of the molecule is Nc1ncnc2cc(OCC3CCN(CCO)CC3)ccc12. The fourth-order valence-electron chi connectivity index (χ4n) is 2.88. The number of hydrogen-bond acceptors (Lipinski definition) is 6. The fourth-order valence-corrected chi connectivity index (χ4v) is 2.88. The molecule has 2 heterocycles. The zero-order valence-corrected chi connectivity index (χ0v) is 12.6. The first-order valence-corrected chi connectivity index (χ1v) is 7.72. The molecule has 0 aliphatic carbocycles. The number of aliphatic hydroxyl groups excluding tert-OH is 1. The van der Waals surface area contributed by atoms with E-state index in [1.54, 1.807) is 0 Å². The van der Waals surface area contributed by atoms with Gasteiger partial charge in [-0.2, -0.15) is 0 Å². The molecule has 1 fully saturated rings. The van der Waals surface area contributed by atoms with E-state index in [-0.39, 0.29) is 6.61 Å². The highest BCUT2D eigenvalue weighted by Crippen LogP contribution is 2.24. The van der Waals surface area contributed by atoms with Gasteiger partial charge in [-0.3, -0.25) is 0 Å². The lowest BCUT2D eigenvalue weighted by Gasteiger charge is -2.31. The standard InChI is InChI=1S/C16H22N4O2/c17-16-14-2-1-13(9-15(14)18-11-19-16)22-10-12-3-5-20(6-4-12)7-8-21/h1-2,9,11-12,21H,3-8,10H2,(H2,17,18,19). The molecule has 0 saturated carbocycles. The summed E-state index contributed by atoms with van der Waals surface area (Å²) in [5, 5.41) is 9.81. The highest BCUT2D eigenvalue weighted by atomic mass is 16.5. The number of benzene rings is 1. The van der Waals surface area contributed by atoms with Gasteiger partial charge < -0.3 is 20.5 Å². The smallest absolute Gasteiger partial charge is 0.134 e. The van der Waals surface area contributed by atoms with Crippen LogP contribution >= 0.6 is 0 Å². The van der Waals surface area contributed by atoms with Crippen LogP contribution in [0.3, 0.4) is 0 Å². The minimum Gasteiger partial charge on any atom is -0.493 e. The molecule has 0 atom stereocenters. The summed E-state index contributed by atoms with van der Waals surface area (Å²) >= 11 is 0. The Bertz CT molecular complexity index is 627. The van der Waals surface area contributed by atoms with Crippen LogP contribution in [-0.4, -0.2) is 52.8 Å². The van der Waals surface area contributed by atoms with Crippen LogP contribution in [0.4, 0.5) is 5.82 Å². The molecule has 6 nitrogen and oxygen atoms in total. The zero-order valence-electron chi connectivity index (χ0n) is 12.6. The maximum atomic E-state index is 8.96. The predicted octanol–water partition coefficient (Wildman–Crippen LogP) is 1.30. The van der Waals surface area contributed by atoms with Crippen LogP contribution in [0.2, 0.25) is 0 Å². The van der Waals surface area contributed by atoms with Gasteiger partial charge in [0.1, 0.15) is 17.9 Å². The third-order valence-electron chi connectivity index (χ3n) is 4.25. The van der Waals surface area contributed by atoms with Gasteiger partial charge in [-0.1, -0.05) is 0 Å². The van der Waals surface area contributed by atoms with E-state index in [1.165, 1.54) is 6.33 Å². The van der Waals surface area contributed by atoms with Gasteiger partial charge >= 0.3 is 0 Å². The number of aliphatic hydroxyl groups is 1. The predicted molar refractivity (Wildman–Crippen MR) is 85.7 cm³/mol. The topological polar surface area (TPSA) is 84.5 Å². The molecule has 6 heteroatoms. The molecule has 1 aromatic heterocycles. The number of aromatic nitrogens is 2. The van der Waals surface area contributed by atoms with Crippen molar-refractivity contribution in [1.29, 1.82) is 0 Å². The Morgan fingerprint density at radius 3 is 2.86 bits per heavy atom. The molecule has 118 valence electrons. The van der Waals surface area contributed by atoms with Crippen LogP contribution < -0.4 is 10.5 Å². The highest BCUT2D eigenvalue weighted by Gasteiger charge is 2.19. The molecular weight excluding hydrogens is 280 g/mol. The monoisotopic (exact) mass is 302 g/mol. The summed E-state index contributed by atoms with van der Waals surface area (Å²) in [5.74, 6) is 1.89. The van der Waals surface area contributed by atoms with Crippen LogP contribution in [0.15, 0.2) is 24.5 Å². The minimum absolute atomic E-state index is 0.239. The first kappa shape index (κ1) is 15.0. The molecule has 1 aromatic carbocycles. The van der Waals surface area contributed by atoms with E-state index >= 15 is 0 Å². The summed E-state index contributed by atoms with van der Waals surface area (Å²) in [6, 6.07) is 5.74. The van der Waals surface area contributed by atoms with Gasteiger partial charge in [0.2, 0.25) is 0 Å². The summed E-state index contributed by atoms with van der Waals surface area (Å²) < 4.78 is 5.92. The van der Waals surface area contributed by atoms with Crippen molar-refractivity contribution in [2.45, 2.75) is 12.8 Å². The Labute approximate surface area is 129 Å². The van der Waals surface area contributed by atoms with Gasteiger partial charge in [-0.15, -0.1) is 0 Å². The molecule has 0 radical (unpaired) electrons. The first-order chi connectivity index (χ1) is 10.8. The fraction of sp³-hybridized carbons (Fsp3) is 0.500. The second kappa shape index (κ2) is 6.89. The normalized spacial score (nSPS) is 17.0. The molecule has 0 bridgehead atoms. The van der Waals surface area contributed by atoms with Crippen molar-refractivity contribution in [3.8, 4) is 5.75 Å². The van der Waals surface area contributed by atoms with E-state index < -0.39 is 0 Å². The summed E-state index contributed by atoms with van der Waals surface area (Å²) in [6.45, 7) is 3.81. The number of ether oxygens (including phenoxy) is 1. The lowest BCUT2D eigenvalue weighted by molar-refractivity contribution is 0.122. The maximum absolute atomic E-state index is 8.96. The second-order valence-corrected chi connectivity index (χ2v) is 5.76. The van der Waals surface area contributed by atoms with E-state index in [0.29, 0.717) is 11.7 Å². The molecule has 1 aliphatic heterocycles. The van der Waals surface area contributed by atoms with E-state index in [4.69, 9.17) is 15.6 Å². The minimum atomic E-state index is 0.239. The summed E-state index contributed by atoms with van der Waals surface area (Å²) in [5.41, 5.74) is 6.63. The average molecular weight is 302 g/mol.